The van der Waals surface area contributed by atoms with Crippen molar-refractivity contribution < 1.29 is 14.6 Å². The summed E-state index contributed by atoms with van der Waals surface area (Å²) in [5, 5.41) is 15.5. The number of aromatic carboxylic acids is 1. The van der Waals surface area contributed by atoms with Crippen LogP contribution in [0.5, 0.6) is 5.75 Å². The SMILES string of the molecule is O=C(O)c1cccc(NCc2c(OCc3ccc(Cl)cc3)ccc3ccccc23)c1. The Labute approximate surface area is 179 Å². The van der Waals surface area contributed by atoms with Crippen molar-refractivity contribution in [1.29, 1.82) is 0 Å². The molecule has 4 aromatic carbocycles. The molecule has 4 nitrogen and oxygen atoms in total. The van der Waals surface area contributed by atoms with Crippen LogP contribution in [0.4, 0.5) is 5.69 Å². The Bertz CT molecular complexity index is 1190. The van der Waals surface area contributed by atoms with Gasteiger partial charge in [0.2, 0.25) is 0 Å². The number of fused-ring (bicyclic) bond motifs is 1. The second kappa shape index (κ2) is 8.89. The highest BCUT2D eigenvalue weighted by molar-refractivity contribution is 6.30. The lowest BCUT2D eigenvalue weighted by atomic mass is 10.0. The number of benzene rings is 4. The summed E-state index contributed by atoms with van der Waals surface area (Å²) in [5.74, 6) is -0.165. The number of carboxylic acid groups (broad SMARTS) is 1. The number of hydrogen-bond donors (Lipinski definition) is 2. The first-order valence-electron chi connectivity index (χ1n) is 9.55. The summed E-state index contributed by atoms with van der Waals surface area (Å²) >= 11 is 5.96. The van der Waals surface area contributed by atoms with Gasteiger partial charge in [0.25, 0.3) is 0 Å². The van der Waals surface area contributed by atoms with E-state index in [4.69, 9.17) is 16.3 Å². The summed E-state index contributed by atoms with van der Waals surface area (Å²) in [5.41, 5.74) is 3.03. The van der Waals surface area contributed by atoms with Gasteiger partial charge in [-0.1, -0.05) is 60.1 Å². The number of nitrogens with one attached hydrogen (secondary N) is 1. The van der Waals surface area contributed by atoms with Crippen molar-refractivity contribution in [3.63, 3.8) is 0 Å². The Hall–Kier alpha value is -3.50. The van der Waals surface area contributed by atoms with E-state index in [1.807, 2.05) is 54.6 Å². The largest absolute Gasteiger partial charge is 0.489 e. The van der Waals surface area contributed by atoms with Gasteiger partial charge in [0.1, 0.15) is 12.4 Å². The standard InChI is InChI=1S/C25H20ClNO3/c26-20-11-8-17(9-12-20)16-30-24-13-10-18-4-1-2-7-22(18)23(24)15-27-21-6-3-5-19(14-21)25(28)29/h1-14,27H,15-16H2,(H,28,29). The third kappa shape index (κ3) is 4.56. The molecule has 0 unspecified atom stereocenters. The van der Waals surface area contributed by atoms with E-state index in [9.17, 15) is 9.90 Å². The minimum Gasteiger partial charge on any atom is -0.489 e. The lowest BCUT2D eigenvalue weighted by molar-refractivity contribution is 0.0697. The minimum absolute atomic E-state index is 0.247. The normalized spacial score (nSPS) is 10.7. The minimum atomic E-state index is -0.948. The first-order valence-corrected chi connectivity index (χ1v) is 9.93. The molecular weight excluding hydrogens is 398 g/mol. The van der Waals surface area contributed by atoms with Gasteiger partial charge in [0.05, 0.1) is 5.56 Å². The number of anilines is 1. The van der Waals surface area contributed by atoms with E-state index < -0.39 is 5.97 Å². The zero-order valence-corrected chi connectivity index (χ0v) is 16.9. The molecule has 2 N–H and O–H groups in total. The van der Waals surface area contributed by atoms with E-state index >= 15 is 0 Å². The fraction of sp³-hybridized carbons (Fsp3) is 0.0800. The molecular formula is C25H20ClNO3. The van der Waals surface area contributed by atoms with E-state index in [1.54, 1.807) is 18.2 Å². The van der Waals surface area contributed by atoms with Gasteiger partial charge in [-0.2, -0.15) is 0 Å². The van der Waals surface area contributed by atoms with Crippen LogP contribution in [0.25, 0.3) is 10.8 Å². The first kappa shape index (κ1) is 19.8. The number of carbonyl (C=O) groups is 1. The Morgan fingerprint density at radius 3 is 2.53 bits per heavy atom. The molecule has 0 fully saturated rings. The van der Waals surface area contributed by atoms with E-state index in [2.05, 4.69) is 17.4 Å². The molecule has 0 saturated heterocycles. The maximum Gasteiger partial charge on any atom is 0.335 e. The zero-order chi connectivity index (χ0) is 20.9. The molecule has 150 valence electrons. The van der Waals surface area contributed by atoms with Crippen molar-refractivity contribution in [1.82, 2.24) is 0 Å². The highest BCUT2D eigenvalue weighted by atomic mass is 35.5. The molecule has 0 aliphatic heterocycles. The van der Waals surface area contributed by atoms with Gasteiger partial charge in [-0.25, -0.2) is 4.79 Å². The van der Waals surface area contributed by atoms with Crippen molar-refractivity contribution in [2.45, 2.75) is 13.2 Å². The van der Waals surface area contributed by atoms with Gasteiger partial charge < -0.3 is 15.2 Å². The summed E-state index contributed by atoms with van der Waals surface area (Å²) in [6.07, 6.45) is 0. The fourth-order valence-corrected chi connectivity index (χ4v) is 3.45. The second-order valence-electron chi connectivity index (χ2n) is 6.92. The average molecular weight is 418 g/mol. The molecule has 0 aromatic heterocycles. The molecule has 0 radical (unpaired) electrons. The van der Waals surface area contributed by atoms with Crippen LogP contribution < -0.4 is 10.1 Å². The van der Waals surface area contributed by atoms with E-state index in [1.165, 1.54) is 0 Å². The highest BCUT2D eigenvalue weighted by Gasteiger charge is 2.10. The summed E-state index contributed by atoms with van der Waals surface area (Å²) in [6, 6.07) is 26.5. The van der Waals surface area contributed by atoms with Gasteiger partial charge in [-0.3, -0.25) is 0 Å². The summed E-state index contributed by atoms with van der Waals surface area (Å²) in [4.78, 5) is 11.2. The highest BCUT2D eigenvalue weighted by Crippen LogP contribution is 2.30. The molecule has 0 atom stereocenters. The predicted molar refractivity (Wildman–Crippen MR) is 120 cm³/mol. The summed E-state index contributed by atoms with van der Waals surface area (Å²) in [6.45, 7) is 0.928. The Balaban J connectivity index is 1.61. The summed E-state index contributed by atoms with van der Waals surface area (Å²) in [7, 11) is 0. The van der Waals surface area contributed by atoms with Crippen LogP contribution in [-0.2, 0) is 13.2 Å². The summed E-state index contributed by atoms with van der Waals surface area (Å²) < 4.78 is 6.14. The second-order valence-corrected chi connectivity index (χ2v) is 7.35. The van der Waals surface area contributed by atoms with Gasteiger partial charge >= 0.3 is 5.97 Å². The zero-order valence-electron chi connectivity index (χ0n) is 16.1. The van der Waals surface area contributed by atoms with Gasteiger partial charge in [0, 0.05) is 22.8 Å². The predicted octanol–water partition coefficient (Wildman–Crippen LogP) is 6.38. The van der Waals surface area contributed by atoms with Crippen LogP contribution in [0, 0.1) is 0 Å². The molecule has 0 bridgehead atoms. The average Bonchev–Trinajstić information content (AvgIpc) is 2.77. The van der Waals surface area contributed by atoms with E-state index in [0.717, 1.165) is 33.3 Å². The van der Waals surface area contributed by atoms with Crippen LogP contribution in [0.2, 0.25) is 5.02 Å². The maximum atomic E-state index is 11.2. The quantitative estimate of drug-likeness (QED) is 0.366. The number of halogens is 1. The monoisotopic (exact) mass is 417 g/mol. The van der Waals surface area contributed by atoms with E-state index in [-0.39, 0.29) is 5.56 Å². The Kier molecular flexibility index (Phi) is 5.87. The fourth-order valence-electron chi connectivity index (χ4n) is 3.33. The van der Waals surface area contributed by atoms with Crippen LogP contribution in [0.3, 0.4) is 0 Å². The van der Waals surface area contributed by atoms with Crippen molar-refractivity contribution in [3.05, 3.63) is 107 Å². The van der Waals surface area contributed by atoms with Crippen molar-refractivity contribution >= 4 is 34.0 Å². The third-order valence-corrected chi connectivity index (χ3v) is 5.14. The van der Waals surface area contributed by atoms with Crippen LogP contribution in [-0.4, -0.2) is 11.1 Å². The number of ether oxygens (including phenoxy) is 1. The molecule has 0 heterocycles. The molecule has 0 spiro atoms. The number of hydrogen-bond acceptors (Lipinski definition) is 3. The molecule has 0 aliphatic carbocycles. The number of carboxylic acids is 1. The van der Waals surface area contributed by atoms with E-state index in [0.29, 0.717) is 18.2 Å². The Morgan fingerprint density at radius 2 is 1.73 bits per heavy atom. The lowest BCUT2D eigenvalue weighted by Gasteiger charge is -2.16. The first-order chi connectivity index (χ1) is 14.6. The molecule has 5 heteroatoms. The van der Waals surface area contributed by atoms with Gasteiger partial charge in [0.15, 0.2) is 0 Å². The molecule has 0 saturated carbocycles. The van der Waals surface area contributed by atoms with Crippen molar-refractivity contribution in [2.75, 3.05) is 5.32 Å². The van der Waals surface area contributed by atoms with Crippen molar-refractivity contribution in [2.24, 2.45) is 0 Å². The number of rotatable bonds is 7. The maximum absolute atomic E-state index is 11.2. The Morgan fingerprint density at radius 1 is 0.933 bits per heavy atom. The van der Waals surface area contributed by atoms with Crippen LogP contribution in [0.15, 0.2) is 84.9 Å². The van der Waals surface area contributed by atoms with Gasteiger partial charge in [-0.15, -0.1) is 0 Å². The molecule has 4 aromatic rings. The smallest absolute Gasteiger partial charge is 0.335 e. The lowest BCUT2D eigenvalue weighted by Crippen LogP contribution is -2.05. The molecule has 0 amide bonds. The van der Waals surface area contributed by atoms with Crippen LogP contribution in [0.1, 0.15) is 21.5 Å². The molecule has 30 heavy (non-hydrogen) atoms. The van der Waals surface area contributed by atoms with Gasteiger partial charge in [-0.05, 0) is 52.7 Å². The third-order valence-electron chi connectivity index (χ3n) is 4.88. The topological polar surface area (TPSA) is 58.6 Å². The van der Waals surface area contributed by atoms with Crippen molar-refractivity contribution in [3.8, 4) is 5.75 Å². The van der Waals surface area contributed by atoms with Crippen LogP contribution >= 0.6 is 11.6 Å². The molecule has 4 rings (SSSR count). The molecule has 0 aliphatic rings.